The molecule has 4 rings (SSSR count). The van der Waals surface area contributed by atoms with Crippen LogP contribution in [-0.2, 0) is 11.3 Å². The Labute approximate surface area is 167 Å². The molecule has 5 nitrogen and oxygen atoms in total. The van der Waals surface area contributed by atoms with E-state index < -0.39 is 0 Å². The Kier molecular flexibility index (Phi) is 5.02. The van der Waals surface area contributed by atoms with Crippen molar-refractivity contribution in [2.45, 2.75) is 13.5 Å². The Morgan fingerprint density at radius 1 is 1.11 bits per heavy atom. The molecule has 2 amide bonds. The quantitative estimate of drug-likeness (QED) is 0.485. The van der Waals surface area contributed by atoms with Crippen LogP contribution in [0.5, 0.6) is 0 Å². The summed E-state index contributed by atoms with van der Waals surface area (Å²) in [6.07, 6.45) is 0. The number of hydrogen-bond donors (Lipinski definition) is 2. The van der Waals surface area contributed by atoms with Crippen molar-refractivity contribution in [1.29, 1.82) is 0 Å². The number of benzene rings is 1. The fourth-order valence-corrected chi connectivity index (χ4v) is 5.17. The molecule has 136 valence electrons. The van der Waals surface area contributed by atoms with Crippen molar-refractivity contribution in [1.82, 2.24) is 10.3 Å². The van der Waals surface area contributed by atoms with E-state index in [1.54, 1.807) is 11.3 Å². The fraction of sp³-hybridized carbons (Fsp3) is 0.105. The lowest BCUT2D eigenvalue weighted by atomic mass is 10.2. The molecule has 0 saturated heterocycles. The van der Waals surface area contributed by atoms with Crippen molar-refractivity contribution in [3.8, 4) is 10.6 Å². The minimum atomic E-state index is -0.144. The van der Waals surface area contributed by atoms with Gasteiger partial charge in [0.05, 0.1) is 22.0 Å². The lowest BCUT2D eigenvalue weighted by Crippen LogP contribution is -2.17. The SMILES string of the molecule is CC(=O)NCc1ccc(-c2csc(NC(=O)c3cc4ccccc4s3)n2)s1. The molecule has 0 aliphatic heterocycles. The van der Waals surface area contributed by atoms with Crippen molar-refractivity contribution in [2.75, 3.05) is 5.32 Å². The number of fused-ring (bicyclic) bond motifs is 1. The number of amides is 2. The summed E-state index contributed by atoms with van der Waals surface area (Å²) in [5, 5.41) is 9.23. The number of aromatic nitrogens is 1. The Balaban J connectivity index is 1.46. The molecular weight excluding hydrogens is 398 g/mol. The Bertz CT molecular complexity index is 1090. The first-order valence-electron chi connectivity index (χ1n) is 8.17. The largest absolute Gasteiger partial charge is 0.351 e. The summed E-state index contributed by atoms with van der Waals surface area (Å²) in [6, 6.07) is 13.8. The third-order valence-corrected chi connectivity index (χ3v) is 6.78. The number of rotatable bonds is 5. The van der Waals surface area contributed by atoms with E-state index in [0.717, 1.165) is 25.5 Å². The summed E-state index contributed by atoms with van der Waals surface area (Å²) in [6.45, 7) is 2.01. The van der Waals surface area contributed by atoms with Crippen LogP contribution in [0.1, 0.15) is 21.5 Å². The number of nitrogens with one attached hydrogen (secondary N) is 2. The molecule has 27 heavy (non-hydrogen) atoms. The highest BCUT2D eigenvalue weighted by atomic mass is 32.1. The molecule has 0 aliphatic carbocycles. The second-order valence-electron chi connectivity index (χ2n) is 5.82. The molecule has 2 N–H and O–H groups in total. The number of carbonyl (C=O) groups is 2. The van der Waals surface area contributed by atoms with E-state index in [2.05, 4.69) is 15.6 Å². The van der Waals surface area contributed by atoms with Gasteiger partial charge in [-0.1, -0.05) is 18.2 Å². The first kappa shape index (κ1) is 17.8. The number of thiophene rings is 2. The zero-order valence-corrected chi connectivity index (χ0v) is 16.8. The second kappa shape index (κ2) is 7.59. The number of carbonyl (C=O) groups excluding carboxylic acids is 2. The molecule has 4 aromatic rings. The number of hydrogen-bond acceptors (Lipinski definition) is 6. The molecular formula is C19H15N3O2S3. The summed E-state index contributed by atoms with van der Waals surface area (Å²) < 4.78 is 1.09. The van der Waals surface area contributed by atoms with E-state index >= 15 is 0 Å². The highest BCUT2D eigenvalue weighted by Crippen LogP contribution is 2.31. The van der Waals surface area contributed by atoms with Gasteiger partial charge >= 0.3 is 0 Å². The minimum Gasteiger partial charge on any atom is -0.351 e. The molecule has 3 heterocycles. The van der Waals surface area contributed by atoms with E-state index in [4.69, 9.17) is 0 Å². The third-order valence-electron chi connectivity index (χ3n) is 3.80. The summed E-state index contributed by atoms with van der Waals surface area (Å²) in [5.74, 6) is -0.195. The molecule has 0 atom stereocenters. The van der Waals surface area contributed by atoms with Gasteiger partial charge in [-0.05, 0) is 29.7 Å². The Morgan fingerprint density at radius 2 is 1.96 bits per heavy atom. The fourth-order valence-electron chi connectivity index (χ4n) is 2.52. The van der Waals surface area contributed by atoms with Gasteiger partial charge in [0, 0.05) is 21.9 Å². The van der Waals surface area contributed by atoms with Crippen LogP contribution < -0.4 is 10.6 Å². The number of anilines is 1. The zero-order valence-electron chi connectivity index (χ0n) is 14.3. The van der Waals surface area contributed by atoms with E-state index in [-0.39, 0.29) is 11.8 Å². The van der Waals surface area contributed by atoms with E-state index in [0.29, 0.717) is 16.6 Å². The van der Waals surface area contributed by atoms with E-state index in [9.17, 15) is 9.59 Å². The predicted molar refractivity (Wildman–Crippen MR) is 113 cm³/mol. The summed E-state index contributed by atoms with van der Waals surface area (Å²) >= 11 is 4.45. The van der Waals surface area contributed by atoms with Crippen LogP contribution >= 0.6 is 34.0 Å². The van der Waals surface area contributed by atoms with Gasteiger partial charge in [-0.2, -0.15) is 0 Å². The van der Waals surface area contributed by atoms with Gasteiger partial charge in [-0.3, -0.25) is 14.9 Å². The van der Waals surface area contributed by atoms with Crippen LogP contribution in [0.25, 0.3) is 20.7 Å². The lowest BCUT2D eigenvalue weighted by molar-refractivity contribution is -0.119. The molecule has 8 heteroatoms. The van der Waals surface area contributed by atoms with E-state index in [1.807, 2.05) is 47.8 Å². The van der Waals surface area contributed by atoms with Crippen LogP contribution in [0.3, 0.4) is 0 Å². The van der Waals surface area contributed by atoms with Gasteiger partial charge in [-0.15, -0.1) is 34.0 Å². The Morgan fingerprint density at radius 3 is 2.78 bits per heavy atom. The van der Waals surface area contributed by atoms with Gasteiger partial charge in [0.15, 0.2) is 5.13 Å². The van der Waals surface area contributed by atoms with Crippen LogP contribution in [-0.4, -0.2) is 16.8 Å². The molecule has 0 unspecified atom stereocenters. The standard InChI is InChI=1S/C19H15N3O2S3/c1-11(23)20-9-13-6-7-16(26-13)14-10-25-19(21-14)22-18(24)17-8-12-4-2-3-5-15(12)27-17/h2-8,10H,9H2,1H3,(H,20,23)(H,21,22,24). The molecule has 0 spiro atoms. The Hall–Kier alpha value is -2.55. The van der Waals surface area contributed by atoms with Crippen molar-refractivity contribution in [2.24, 2.45) is 0 Å². The molecule has 3 aromatic heterocycles. The van der Waals surface area contributed by atoms with Crippen LogP contribution in [0.4, 0.5) is 5.13 Å². The van der Waals surface area contributed by atoms with Gasteiger partial charge in [0.2, 0.25) is 5.91 Å². The smallest absolute Gasteiger partial charge is 0.267 e. The summed E-state index contributed by atoms with van der Waals surface area (Å²) in [4.78, 5) is 30.8. The molecule has 0 fully saturated rings. The highest BCUT2D eigenvalue weighted by Gasteiger charge is 2.13. The topological polar surface area (TPSA) is 71.1 Å². The van der Waals surface area contributed by atoms with Gasteiger partial charge < -0.3 is 5.32 Å². The van der Waals surface area contributed by atoms with Crippen LogP contribution in [0.15, 0.2) is 47.8 Å². The molecule has 0 saturated carbocycles. The highest BCUT2D eigenvalue weighted by molar-refractivity contribution is 7.21. The maximum absolute atomic E-state index is 12.5. The molecule has 1 aromatic carbocycles. The minimum absolute atomic E-state index is 0.0511. The first-order chi connectivity index (χ1) is 13.1. The first-order valence-corrected chi connectivity index (χ1v) is 10.7. The molecule has 0 radical (unpaired) electrons. The lowest BCUT2D eigenvalue weighted by Gasteiger charge is -1.98. The number of nitrogens with zero attached hydrogens (tertiary/aromatic N) is 1. The predicted octanol–water partition coefficient (Wildman–Crippen LogP) is 4.97. The summed E-state index contributed by atoms with van der Waals surface area (Å²) in [5.41, 5.74) is 0.825. The second-order valence-corrected chi connectivity index (χ2v) is 8.93. The van der Waals surface area contributed by atoms with Crippen molar-refractivity contribution in [3.05, 3.63) is 57.6 Å². The number of thiazole rings is 1. The monoisotopic (exact) mass is 413 g/mol. The molecule has 0 aliphatic rings. The van der Waals surface area contributed by atoms with E-state index in [1.165, 1.54) is 29.6 Å². The van der Waals surface area contributed by atoms with Gasteiger partial charge in [0.1, 0.15) is 0 Å². The average molecular weight is 414 g/mol. The third kappa shape index (κ3) is 4.08. The van der Waals surface area contributed by atoms with Crippen LogP contribution in [0, 0.1) is 0 Å². The van der Waals surface area contributed by atoms with Crippen molar-refractivity contribution >= 4 is 61.0 Å². The van der Waals surface area contributed by atoms with Crippen LogP contribution in [0.2, 0.25) is 0 Å². The zero-order chi connectivity index (χ0) is 18.8. The summed E-state index contributed by atoms with van der Waals surface area (Å²) in [7, 11) is 0. The van der Waals surface area contributed by atoms with Crippen molar-refractivity contribution in [3.63, 3.8) is 0 Å². The maximum Gasteiger partial charge on any atom is 0.267 e. The van der Waals surface area contributed by atoms with Gasteiger partial charge in [0.25, 0.3) is 5.91 Å². The normalized spacial score (nSPS) is 10.9. The van der Waals surface area contributed by atoms with Gasteiger partial charge in [-0.25, -0.2) is 4.98 Å². The van der Waals surface area contributed by atoms with Crippen molar-refractivity contribution < 1.29 is 9.59 Å². The maximum atomic E-state index is 12.5. The average Bonchev–Trinajstić information content (AvgIpc) is 3.38. The molecule has 0 bridgehead atoms.